The van der Waals surface area contributed by atoms with E-state index in [0.29, 0.717) is 0 Å². The first-order valence-corrected chi connectivity index (χ1v) is 6.39. The van der Waals surface area contributed by atoms with Gasteiger partial charge in [0.15, 0.2) is 0 Å². The van der Waals surface area contributed by atoms with E-state index in [1.807, 2.05) is 6.08 Å². The molecule has 0 radical (unpaired) electrons. The molecule has 18 heavy (non-hydrogen) atoms. The third kappa shape index (κ3) is 2.14. The molecule has 0 fully saturated rings. The Kier molecular flexibility index (Phi) is 3.18. The van der Waals surface area contributed by atoms with E-state index >= 15 is 0 Å². The number of allylic oxidation sites excluding steroid dienone is 4. The highest BCUT2D eigenvalue weighted by Crippen LogP contribution is 2.47. The molecule has 0 nitrogen and oxygen atoms in total. The maximum absolute atomic E-state index is 5.24. The summed E-state index contributed by atoms with van der Waals surface area (Å²) in [6.45, 7) is 9.01. The molecule has 0 saturated carbocycles. The molecule has 0 atom stereocenters. The summed E-state index contributed by atoms with van der Waals surface area (Å²) in [5, 5.41) is 0. The lowest BCUT2D eigenvalue weighted by Crippen LogP contribution is -2.13. The topological polar surface area (TPSA) is 0 Å². The Labute approximate surface area is 110 Å². The molecule has 0 heterocycles. The zero-order valence-corrected chi connectivity index (χ0v) is 11.7. The third-order valence-corrected chi connectivity index (χ3v) is 3.62. The highest BCUT2D eigenvalue weighted by Gasteiger charge is 2.34. The summed E-state index contributed by atoms with van der Waals surface area (Å²) in [4.78, 5) is 0. The normalized spacial score (nSPS) is 19.2. The van der Waals surface area contributed by atoms with Crippen LogP contribution in [-0.2, 0) is 5.41 Å². The average molecular weight is 236 g/mol. The Bertz CT molecular complexity index is 575. The van der Waals surface area contributed by atoms with Gasteiger partial charge in [0.2, 0.25) is 0 Å². The molecule has 1 aromatic rings. The molecule has 2 rings (SSSR count). The summed E-state index contributed by atoms with van der Waals surface area (Å²) >= 11 is 0. The highest BCUT2D eigenvalue weighted by atomic mass is 14.4. The SMILES string of the molecule is C#C/C=C\C=C1/CC(C)(C)c2c(C)cc(C)cc21. The van der Waals surface area contributed by atoms with Gasteiger partial charge in [-0.05, 0) is 54.0 Å². The second-order valence-corrected chi connectivity index (χ2v) is 5.78. The van der Waals surface area contributed by atoms with Gasteiger partial charge in [-0.25, -0.2) is 0 Å². The van der Waals surface area contributed by atoms with Crippen molar-refractivity contribution in [1.29, 1.82) is 0 Å². The average Bonchev–Trinajstić information content (AvgIpc) is 2.50. The van der Waals surface area contributed by atoms with Crippen LogP contribution in [-0.4, -0.2) is 0 Å². The lowest BCUT2D eigenvalue weighted by atomic mass is 9.83. The van der Waals surface area contributed by atoms with Gasteiger partial charge >= 0.3 is 0 Å². The van der Waals surface area contributed by atoms with Gasteiger partial charge < -0.3 is 0 Å². The summed E-state index contributed by atoms with van der Waals surface area (Å²) < 4.78 is 0. The van der Waals surface area contributed by atoms with Gasteiger partial charge in [-0.3, -0.25) is 0 Å². The number of rotatable bonds is 1. The van der Waals surface area contributed by atoms with Crippen LogP contribution in [0.25, 0.3) is 5.57 Å². The van der Waals surface area contributed by atoms with Crippen LogP contribution < -0.4 is 0 Å². The predicted molar refractivity (Wildman–Crippen MR) is 79.5 cm³/mol. The number of hydrogen-bond donors (Lipinski definition) is 0. The zero-order chi connectivity index (χ0) is 13.3. The number of terminal acetylenes is 1. The Hall–Kier alpha value is -1.74. The maximum Gasteiger partial charge on any atom is -0.00543 e. The first kappa shape index (κ1) is 12.7. The lowest BCUT2D eigenvalue weighted by molar-refractivity contribution is 0.560. The number of fused-ring (bicyclic) bond motifs is 1. The Morgan fingerprint density at radius 2 is 2.00 bits per heavy atom. The first-order valence-electron chi connectivity index (χ1n) is 6.39. The van der Waals surface area contributed by atoms with Crippen LogP contribution in [0, 0.1) is 26.2 Å². The van der Waals surface area contributed by atoms with Crippen molar-refractivity contribution in [3.8, 4) is 12.3 Å². The minimum Gasteiger partial charge on any atom is -0.115 e. The van der Waals surface area contributed by atoms with E-state index in [1.54, 1.807) is 6.08 Å². The van der Waals surface area contributed by atoms with E-state index in [4.69, 9.17) is 6.42 Å². The molecule has 1 aromatic carbocycles. The first-order chi connectivity index (χ1) is 8.45. The van der Waals surface area contributed by atoms with Gasteiger partial charge in [0.05, 0.1) is 0 Å². The van der Waals surface area contributed by atoms with Crippen LogP contribution in [0.1, 0.15) is 42.5 Å². The van der Waals surface area contributed by atoms with E-state index in [9.17, 15) is 0 Å². The van der Waals surface area contributed by atoms with Crippen molar-refractivity contribution in [3.05, 3.63) is 52.6 Å². The minimum absolute atomic E-state index is 0.225. The Balaban J connectivity index is 2.59. The Morgan fingerprint density at radius 3 is 2.67 bits per heavy atom. The molecule has 0 amide bonds. The van der Waals surface area contributed by atoms with E-state index < -0.39 is 0 Å². The predicted octanol–water partition coefficient (Wildman–Crippen LogP) is 4.56. The maximum atomic E-state index is 5.24. The van der Waals surface area contributed by atoms with Crippen LogP contribution in [0.3, 0.4) is 0 Å². The summed E-state index contributed by atoms with van der Waals surface area (Å²) in [5.74, 6) is 2.53. The van der Waals surface area contributed by atoms with Crippen LogP contribution in [0.5, 0.6) is 0 Å². The summed E-state index contributed by atoms with van der Waals surface area (Å²) in [7, 11) is 0. The van der Waals surface area contributed by atoms with Crippen molar-refractivity contribution < 1.29 is 0 Å². The summed E-state index contributed by atoms with van der Waals surface area (Å²) in [5.41, 5.74) is 7.25. The highest BCUT2D eigenvalue weighted by molar-refractivity contribution is 5.78. The van der Waals surface area contributed by atoms with Gasteiger partial charge in [0.1, 0.15) is 0 Å². The second kappa shape index (κ2) is 4.50. The molecule has 0 saturated heterocycles. The zero-order valence-electron chi connectivity index (χ0n) is 11.7. The Morgan fingerprint density at radius 1 is 1.28 bits per heavy atom. The largest absolute Gasteiger partial charge is 0.115 e. The van der Waals surface area contributed by atoms with Gasteiger partial charge in [-0.2, -0.15) is 0 Å². The number of aryl methyl sites for hydroxylation is 2. The van der Waals surface area contributed by atoms with Crippen LogP contribution in [0.15, 0.2) is 30.4 Å². The second-order valence-electron chi connectivity index (χ2n) is 5.78. The minimum atomic E-state index is 0.225. The molecule has 0 spiro atoms. The summed E-state index contributed by atoms with van der Waals surface area (Å²) in [6.07, 6.45) is 12.2. The van der Waals surface area contributed by atoms with E-state index in [2.05, 4.69) is 51.8 Å². The fourth-order valence-corrected chi connectivity index (χ4v) is 3.15. The van der Waals surface area contributed by atoms with Crippen molar-refractivity contribution in [1.82, 2.24) is 0 Å². The standard InChI is InChI=1S/C18H20/c1-6-7-8-9-15-12-18(4,5)17-14(3)10-13(2)11-16(15)17/h1,7-11H,12H2,2-5H3/b8-7-,15-9+. The van der Waals surface area contributed by atoms with Crippen molar-refractivity contribution in [3.63, 3.8) is 0 Å². The third-order valence-electron chi connectivity index (χ3n) is 3.62. The van der Waals surface area contributed by atoms with Crippen molar-refractivity contribution in [2.75, 3.05) is 0 Å². The van der Waals surface area contributed by atoms with Crippen LogP contribution in [0.2, 0.25) is 0 Å². The molecule has 92 valence electrons. The van der Waals surface area contributed by atoms with Crippen molar-refractivity contribution >= 4 is 5.57 Å². The molecule has 1 aliphatic rings. The molecule has 0 aliphatic heterocycles. The molecule has 0 bridgehead atoms. The molecule has 1 aliphatic carbocycles. The summed E-state index contributed by atoms with van der Waals surface area (Å²) in [6, 6.07) is 4.58. The van der Waals surface area contributed by atoms with E-state index in [-0.39, 0.29) is 5.41 Å². The molecule has 0 aromatic heterocycles. The number of benzene rings is 1. The molecule has 0 heteroatoms. The monoisotopic (exact) mass is 236 g/mol. The van der Waals surface area contributed by atoms with Crippen molar-refractivity contribution in [2.24, 2.45) is 0 Å². The van der Waals surface area contributed by atoms with E-state index in [0.717, 1.165) is 6.42 Å². The fourth-order valence-electron chi connectivity index (χ4n) is 3.15. The lowest BCUT2D eigenvalue weighted by Gasteiger charge is -2.21. The van der Waals surface area contributed by atoms with Crippen molar-refractivity contribution in [2.45, 2.75) is 39.5 Å². The quantitative estimate of drug-likeness (QED) is 0.627. The van der Waals surface area contributed by atoms with Crippen LogP contribution >= 0.6 is 0 Å². The molecular formula is C18H20. The van der Waals surface area contributed by atoms with E-state index in [1.165, 1.54) is 27.8 Å². The van der Waals surface area contributed by atoms with Gasteiger partial charge in [0.25, 0.3) is 0 Å². The smallest absolute Gasteiger partial charge is 0.00543 e. The molecular weight excluding hydrogens is 216 g/mol. The van der Waals surface area contributed by atoms with Gasteiger partial charge in [-0.1, -0.05) is 49.6 Å². The molecule has 0 unspecified atom stereocenters. The number of hydrogen-bond acceptors (Lipinski definition) is 0. The van der Waals surface area contributed by atoms with Gasteiger partial charge in [0, 0.05) is 0 Å². The van der Waals surface area contributed by atoms with Crippen LogP contribution in [0.4, 0.5) is 0 Å². The molecule has 0 N–H and O–H groups in total. The fraction of sp³-hybridized carbons (Fsp3) is 0.333. The van der Waals surface area contributed by atoms with Gasteiger partial charge in [-0.15, -0.1) is 6.42 Å².